The Morgan fingerprint density at radius 1 is 1.13 bits per heavy atom. The summed E-state index contributed by atoms with van der Waals surface area (Å²) in [5.41, 5.74) is 3.22. The smallest absolute Gasteiger partial charge is 0.357 e. The predicted molar refractivity (Wildman–Crippen MR) is 87.3 cm³/mol. The van der Waals surface area contributed by atoms with E-state index < -0.39 is 10.3 Å². The van der Waals surface area contributed by atoms with Crippen LogP contribution in [0.15, 0.2) is 59.3 Å². The van der Waals surface area contributed by atoms with E-state index in [1.54, 1.807) is 6.07 Å². The highest BCUT2D eigenvalue weighted by Gasteiger charge is 2.16. The SMILES string of the molecule is Cc1cc(-c2ccccc2)c(NS(=O)(=O)O)cc1-c1ncco1. The first-order valence-corrected chi connectivity index (χ1v) is 8.23. The molecule has 0 amide bonds. The highest BCUT2D eigenvalue weighted by atomic mass is 32.2. The number of nitrogens with one attached hydrogen (secondary N) is 1. The van der Waals surface area contributed by atoms with Crippen molar-refractivity contribution >= 4 is 16.0 Å². The molecule has 3 rings (SSSR count). The summed E-state index contributed by atoms with van der Waals surface area (Å²) in [6, 6.07) is 12.7. The van der Waals surface area contributed by atoms with Gasteiger partial charge in [-0.05, 0) is 30.2 Å². The van der Waals surface area contributed by atoms with Crippen molar-refractivity contribution in [1.29, 1.82) is 0 Å². The topological polar surface area (TPSA) is 92.4 Å². The fraction of sp³-hybridized carbons (Fsp3) is 0.0625. The van der Waals surface area contributed by atoms with E-state index in [1.807, 2.05) is 43.3 Å². The van der Waals surface area contributed by atoms with E-state index in [-0.39, 0.29) is 5.69 Å². The maximum absolute atomic E-state index is 11.3. The fourth-order valence-corrected chi connectivity index (χ4v) is 2.82. The molecule has 23 heavy (non-hydrogen) atoms. The van der Waals surface area contributed by atoms with Crippen molar-refractivity contribution in [2.24, 2.45) is 0 Å². The van der Waals surface area contributed by atoms with Gasteiger partial charge < -0.3 is 4.42 Å². The monoisotopic (exact) mass is 330 g/mol. The zero-order valence-electron chi connectivity index (χ0n) is 12.2. The molecule has 6 nitrogen and oxygen atoms in total. The molecule has 0 aliphatic heterocycles. The molecule has 2 aromatic carbocycles. The molecule has 0 unspecified atom stereocenters. The molecule has 1 aromatic heterocycles. The van der Waals surface area contributed by atoms with E-state index in [0.717, 1.165) is 11.1 Å². The molecule has 0 spiro atoms. The van der Waals surface area contributed by atoms with Gasteiger partial charge in [-0.2, -0.15) is 8.42 Å². The number of oxazole rings is 1. The van der Waals surface area contributed by atoms with E-state index in [0.29, 0.717) is 17.0 Å². The van der Waals surface area contributed by atoms with Crippen LogP contribution in [0.1, 0.15) is 5.56 Å². The van der Waals surface area contributed by atoms with Gasteiger partial charge in [-0.1, -0.05) is 30.3 Å². The molecule has 0 aliphatic carbocycles. The summed E-state index contributed by atoms with van der Waals surface area (Å²) in [5, 5.41) is 0. The molecule has 7 heteroatoms. The van der Waals surface area contributed by atoms with E-state index >= 15 is 0 Å². The van der Waals surface area contributed by atoms with Crippen molar-refractivity contribution < 1.29 is 17.4 Å². The first-order chi connectivity index (χ1) is 10.9. The molecule has 1 heterocycles. The third kappa shape index (κ3) is 3.41. The molecule has 0 saturated carbocycles. The zero-order valence-corrected chi connectivity index (χ0v) is 13.0. The van der Waals surface area contributed by atoms with Gasteiger partial charge in [-0.3, -0.25) is 9.27 Å². The van der Waals surface area contributed by atoms with Gasteiger partial charge in [0.05, 0.1) is 11.9 Å². The molecule has 118 valence electrons. The number of hydrogen-bond acceptors (Lipinski definition) is 4. The van der Waals surface area contributed by atoms with Gasteiger partial charge in [-0.25, -0.2) is 4.98 Å². The van der Waals surface area contributed by atoms with Gasteiger partial charge in [-0.15, -0.1) is 0 Å². The number of nitrogens with zero attached hydrogens (tertiary/aromatic N) is 1. The van der Waals surface area contributed by atoms with E-state index in [9.17, 15) is 8.42 Å². The van der Waals surface area contributed by atoms with Gasteiger partial charge in [0.2, 0.25) is 5.89 Å². The minimum absolute atomic E-state index is 0.248. The predicted octanol–water partition coefficient (Wildman–Crippen LogP) is 3.53. The van der Waals surface area contributed by atoms with Gasteiger partial charge in [0, 0.05) is 11.1 Å². The molecule has 0 aliphatic rings. The van der Waals surface area contributed by atoms with Gasteiger partial charge in [0.1, 0.15) is 6.26 Å². The largest absolute Gasteiger partial charge is 0.445 e. The second-order valence-electron chi connectivity index (χ2n) is 4.99. The van der Waals surface area contributed by atoms with Crippen molar-refractivity contribution in [1.82, 2.24) is 4.98 Å². The summed E-state index contributed by atoms with van der Waals surface area (Å²) < 4.78 is 39.1. The summed E-state index contributed by atoms with van der Waals surface area (Å²) in [6.45, 7) is 1.88. The highest BCUT2D eigenvalue weighted by molar-refractivity contribution is 7.87. The van der Waals surface area contributed by atoms with Crippen LogP contribution in [0.3, 0.4) is 0 Å². The van der Waals surface area contributed by atoms with Gasteiger partial charge in [0.15, 0.2) is 0 Å². The highest BCUT2D eigenvalue weighted by Crippen LogP contribution is 2.35. The Labute approximate surface area is 133 Å². The molecule has 3 aromatic rings. The zero-order chi connectivity index (χ0) is 16.4. The van der Waals surface area contributed by atoms with Crippen molar-refractivity contribution in [3.05, 3.63) is 60.5 Å². The maximum Gasteiger partial charge on any atom is 0.357 e. The molecular weight excluding hydrogens is 316 g/mol. The van der Waals surface area contributed by atoms with Crippen LogP contribution in [-0.2, 0) is 10.3 Å². The van der Waals surface area contributed by atoms with Crippen LogP contribution in [-0.4, -0.2) is 18.0 Å². The van der Waals surface area contributed by atoms with Crippen molar-refractivity contribution in [3.8, 4) is 22.6 Å². The lowest BCUT2D eigenvalue weighted by atomic mass is 9.98. The molecule has 0 atom stereocenters. The average Bonchev–Trinajstić information content (AvgIpc) is 3.02. The second-order valence-corrected chi connectivity index (χ2v) is 6.15. The Morgan fingerprint density at radius 3 is 2.48 bits per heavy atom. The van der Waals surface area contributed by atoms with Crippen LogP contribution in [0.4, 0.5) is 5.69 Å². The third-order valence-electron chi connectivity index (χ3n) is 3.35. The molecule has 0 radical (unpaired) electrons. The van der Waals surface area contributed by atoms with Crippen LogP contribution in [0.2, 0.25) is 0 Å². The average molecular weight is 330 g/mol. The first kappa shape index (κ1) is 15.3. The van der Waals surface area contributed by atoms with E-state index in [2.05, 4.69) is 9.71 Å². The number of hydrogen-bond donors (Lipinski definition) is 2. The molecular formula is C16H14N2O4S. The first-order valence-electron chi connectivity index (χ1n) is 6.79. The molecule has 0 bridgehead atoms. The summed E-state index contributed by atoms with van der Waals surface area (Å²) >= 11 is 0. The fourth-order valence-electron chi connectivity index (χ4n) is 2.37. The quantitative estimate of drug-likeness (QED) is 0.714. The standard InChI is InChI=1S/C16H14N2O4S/c1-11-9-14(12-5-3-2-4-6-12)15(18-23(19,20)21)10-13(11)16-17-7-8-22-16/h2-10,18H,1H3,(H,19,20,21). The number of aromatic nitrogens is 1. The number of aryl methyl sites for hydroxylation is 1. The molecule has 0 saturated heterocycles. The van der Waals surface area contributed by atoms with Crippen molar-refractivity contribution in [2.45, 2.75) is 6.92 Å². The Balaban J connectivity index is 2.21. The lowest BCUT2D eigenvalue weighted by Crippen LogP contribution is -2.11. The molecule has 2 N–H and O–H groups in total. The lowest BCUT2D eigenvalue weighted by molar-refractivity contribution is 0.489. The van der Waals surface area contributed by atoms with Crippen molar-refractivity contribution in [2.75, 3.05) is 4.72 Å². The lowest BCUT2D eigenvalue weighted by Gasteiger charge is -2.14. The number of rotatable bonds is 4. The van der Waals surface area contributed by atoms with Gasteiger partial charge in [0.25, 0.3) is 0 Å². The van der Waals surface area contributed by atoms with Crippen LogP contribution >= 0.6 is 0 Å². The minimum atomic E-state index is -4.41. The maximum atomic E-state index is 11.3. The Morgan fingerprint density at radius 2 is 1.87 bits per heavy atom. The van der Waals surface area contributed by atoms with Crippen molar-refractivity contribution in [3.63, 3.8) is 0 Å². The Bertz CT molecular complexity index is 920. The Kier molecular flexibility index (Phi) is 3.89. The summed E-state index contributed by atoms with van der Waals surface area (Å²) in [7, 11) is -4.41. The van der Waals surface area contributed by atoms with E-state index in [4.69, 9.17) is 8.97 Å². The van der Waals surface area contributed by atoms with Crippen LogP contribution in [0, 0.1) is 6.92 Å². The summed E-state index contributed by atoms with van der Waals surface area (Å²) in [4.78, 5) is 4.08. The summed E-state index contributed by atoms with van der Waals surface area (Å²) in [6.07, 6.45) is 2.95. The number of benzene rings is 2. The minimum Gasteiger partial charge on any atom is -0.445 e. The number of anilines is 1. The van der Waals surface area contributed by atoms with Crippen LogP contribution in [0.25, 0.3) is 22.6 Å². The van der Waals surface area contributed by atoms with E-state index in [1.165, 1.54) is 12.5 Å². The Hall–Kier alpha value is -2.64. The third-order valence-corrected chi connectivity index (χ3v) is 3.83. The normalized spacial score (nSPS) is 11.4. The van der Waals surface area contributed by atoms with Gasteiger partial charge >= 0.3 is 10.3 Å². The van der Waals surface area contributed by atoms with Crippen LogP contribution < -0.4 is 4.72 Å². The molecule has 0 fully saturated rings. The second kappa shape index (κ2) is 5.86. The van der Waals surface area contributed by atoms with Crippen LogP contribution in [0.5, 0.6) is 0 Å². The summed E-state index contributed by atoms with van der Waals surface area (Å²) in [5.74, 6) is 0.375.